The summed E-state index contributed by atoms with van der Waals surface area (Å²) in [6.07, 6.45) is 5.78. The van der Waals surface area contributed by atoms with Crippen molar-refractivity contribution in [3.8, 4) is 0 Å². The third-order valence-corrected chi connectivity index (χ3v) is 3.30. The van der Waals surface area contributed by atoms with Crippen LogP contribution in [0.2, 0.25) is 0 Å². The van der Waals surface area contributed by atoms with Crippen molar-refractivity contribution in [3.63, 3.8) is 0 Å². The van der Waals surface area contributed by atoms with Gasteiger partial charge < -0.3 is 15.0 Å². The van der Waals surface area contributed by atoms with E-state index >= 15 is 0 Å². The highest BCUT2D eigenvalue weighted by molar-refractivity contribution is 5.92. The number of carbonyl (C=O) groups excluding carboxylic acids is 2. The second-order valence-corrected chi connectivity index (χ2v) is 6.27. The van der Waals surface area contributed by atoms with Crippen LogP contribution in [-0.4, -0.2) is 51.6 Å². The van der Waals surface area contributed by atoms with E-state index in [1.54, 1.807) is 4.90 Å². The summed E-state index contributed by atoms with van der Waals surface area (Å²) in [7, 11) is 0. The predicted octanol–water partition coefficient (Wildman–Crippen LogP) is 1.61. The SMILES string of the molecule is CC(C)(C)OC(=O)NC[C@H]1CCCN1C(=O)c1cnccn1. The monoisotopic (exact) mass is 306 g/mol. The molecule has 1 atom stereocenters. The van der Waals surface area contributed by atoms with Crippen LogP contribution in [0.3, 0.4) is 0 Å². The fourth-order valence-corrected chi connectivity index (χ4v) is 2.39. The van der Waals surface area contributed by atoms with Crippen LogP contribution in [0.25, 0.3) is 0 Å². The Hall–Kier alpha value is -2.18. The number of nitrogens with one attached hydrogen (secondary N) is 1. The van der Waals surface area contributed by atoms with E-state index in [4.69, 9.17) is 4.74 Å². The molecular weight excluding hydrogens is 284 g/mol. The first-order valence-electron chi connectivity index (χ1n) is 7.40. The first kappa shape index (κ1) is 16.2. The molecule has 0 bridgehead atoms. The largest absolute Gasteiger partial charge is 0.444 e. The maximum Gasteiger partial charge on any atom is 0.407 e. The van der Waals surface area contributed by atoms with Gasteiger partial charge in [0.1, 0.15) is 11.3 Å². The van der Waals surface area contributed by atoms with Crippen LogP contribution in [-0.2, 0) is 4.74 Å². The van der Waals surface area contributed by atoms with Crippen molar-refractivity contribution in [2.24, 2.45) is 0 Å². The Labute approximate surface area is 130 Å². The number of hydrogen-bond acceptors (Lipinski definition) is 5. The Morgan fingerprint density at radius 2 is 2.18 bits per heavy atom. The molecule has 1 aromatic rings. The lowest BCUT2D eigenvalue weighted by molar-refractivity contribution is 0.0501. The summed E-state index contributed by atoms with van der Waals surface area (Å²) in [6.45, 7) is 6.47. The Kier molecular flexibility index (Phi) is 4.95. The smallest absolute Gasteiger partial charge is 0.407 e. The fraction of sp³-hybridized carbons (Fsp3) is 0.600. The molecule has 1 fully saturated rings. The zero-order chi connectivity index (χ0) is 16.2. The van der Waals surface area contributed by atoms with Crippen molar-refractivity contribution in [3.05, 3.63) is 24.3 Å². The van der Waals surface area contributed by atoms with Gasteiger partial charge in [-0.2, -0.15) is 0 Å². The topological polar surface area (TPSA) is 84.4 Å². The minimum atomic E-state index is -0.533. The third-order valence-electron chi connectivity index (χ3n) is 3.30. The van der Waals surface area contributed by atoms with E-state index < -0.39 is 11.7 Å². The number of aromatic nitrogens is 2. The molecule has 2 rings (SSSR count). The van der Waals surface area contributed by atoms with Crippen LogP contribution in [0, 0.1) is 0 Å². The number of likely N-dealkylation sites (tertiary alicyclic amines) is 1. The van der Waals surface area contributed by atoms with E-state index in [-0.39, 0.29) is 11.9 Å². The second-order valence-electron chi connectivity index (χ2n) is 6.27. The van der Waals surface area contributed by atoms with Crippen LogP contribution in [0.1, 0.15) is 44.1 Å². The van der Waals surface area contributed by atoms with Crippen molar-refractivity contribution in [1.82, 2.24) is 20.2 Å². The molecule has 2 heterocycles. The van der Waals surface area contributed by atoms with Gasteiger partial charge in [-0.25, -0.2) is 9.78 Å². The van der Waals surface area contributed by atoms with E-state index in [9.17, 15) is 9.59 Å². The van der Waals surface area contributed by atoms with E-state index in [1.807, 2.05) is 20.8 Å². The van der Waals surface area contributed by atoms with Crippen molar-refractivity contribution in [2.45, 2.75) is 45.3 Å². The lowest BCUT2D eigenvalue weighted by Gasteiger charge is -2.25. The Morgan fingerprint density at radius 3 is 2.82 bits per heavy atom. The molecule has 1 N–H and O–H groups in total. The first-order chi connectivity index (χ1) is 10.4. The number of carbonyl (C=O) groups is 2. The van der Waals surface area contributed by atoms with Crippen LogP contribution in [0.5, 0.6) is 0 Å². The molecular formula is C15H22N4O3. The van der Waals surface area contributed by atoms with Gasteiger partial charge in [0.2, 0.25) is 0 Å². The first-order valence-corrected chi connectivity index (χ1v) is 7.40. The molecule has 120 valence electrons. The number of hydrogen-bond donors (Lipinski definition) is 1. The molecule has 0 spiro atoms. The van der Waals surface area contributed by atoms with E-state index in [2.05, 4.69) is 15.3 Å². The minimum absolute atomic E-state index is 0.0398. The van der Waals surface area contributed by atoms with Gasteiger partial charge in [0.15, 0.2) is 0 Å². The average Bonchev–Trinajstić information content (AvgIpc) is 2.92. The zero-order valence-corrected chi connectivity index (χ0v) is 13.2. The van der Waals surface area contributed by atoms with Gasteiger partial charge in [0.25, 0.3) is 5.91 Å². The average molecular weight is 306 g/mol. The van der Waals surface area contributed by atoms with Gasteiger partial charge in [-0.15, -0.1) is 0 Å². The van der Waals surface area contributed by atoms with Gasteiger partial charge in [0.05, 0.1) is 6.20 Å². The summed E-state index contributed by atoms with van der Waals surface area (Å²) in [4.78, 5) is 33.8. The zero-order valence-electron chi connectivity index (χ0n) is 13.2. The molecule has 0 aliphatic carbocycles. The molecule has 1 aliphatic heterocycles. The van der Waals surface area contributed by atoms with Crippen molar-refractivity contribution >= 4 is 12.0 Å². The van der Waals surface area contributed by atoms with E-state index in [1.165, 1.54) is 18.6 Å². The molecule has 2 amide bonds. The van der Waals surface area contributed by atoms with E-state index in [0.29, 0.717) is 18.8 Å². The standard InChI is InChI=1S/C15H22N4O3/c1-15(2,3)22-14(21)18-9-11-5-4-8-19(11)13(20)12-10-16-6-7-17-12/h6-7,10-11H,4-5,8-9H2,1-3H3,(H,18,21)/t11-/m1/s1. The normalized spacial score (nSPS) is 18.1. The Balaban J connectivity index is 1.91. The van der Waals surface area contributed by atoms with Crippen molar-refractivity contribution in [2.75, 3.05) is 13.1 Å². The second kappa shape index (κ2) is 6.72. The molecule has 0 aromatic carbocycles. The highest BCUT2D eigenvalue weighted by Gasteiger charge is 2.30. The van der Waals surface area contributed by atoms with Gasteiger partial charge >= 0.3 is 6.09 Å². The van der Waals surface area contributed by atoms with Gasteiger partial charge in [0, 0.05) is 31.5 Å². The summed E-state index contributed by atoms with van der Waals surface area (Å²) in [6, 6.07) is -0.0398. The van der Waals surface area contributed by atoms with Gasteiger partial charge in [-0.1, -0.05) is 0 Å². The summed E-state index contributed by atoms with van der Waals surface area (Å²) in [5.41, 5.74) is -0.207. The maximum atomic E-state index is 12.4. The number of ether oxygens (including phenoxy) is 1. The summed E-state index contributed by atoms with van der Waals surface area (Å²) in [5, 5.41) is 2.73. The fourth-order valence-electron chi connectivity index (χ4n) is 2.39. The lowest BCUT2D eigenvalue weighted by atomic mass is 10.2. The molecule has 0 radical (unpaired) electrons. The number of nitrogens with zero attached hydrogens (tertiary/aromatic N) is 3. The molecule has 7 nitrogen and oxygen atoms in total. The van der Waals surface area contributed by atoms with Crippen LogP contribution in [0.15, 0.2) is 18.6 Å². The van der Waals surface area contributed by atoms with Crippen molar-refractivity contribution < 1.29 is 14.3 Å². The Bertz CT molecular complexity index is 527. The summed E-state index contributed by atoms with van der Waals surface area (Å²) >= 11 is 0. The molecule has 0 saturated carbocycles. The quantitative estimate of drug-likeness (QED) is 0.917. The molecule has 1 saturated heterocycles. The van der Waals surface area contributed by atoms with Gasteiger partial charge in [-0.05, 0) is 33.6 Å². The molecule has 1 aromatic heterocycles. The highest BCUT2D eigenvalue weighted by Crippen LogP contribution is 2.19. The predicted molar refractivity (Wildman–Crippen MR) is 80.3 cm³/mol. The maximum absolute atomic E-state index is 12.4. The van der Waals surface area contributed by atoms with Crippen LogP contribution < -0.4 is 5.32 Å². The molecule has 22 heavy (non-hydrogen) atoms. The van der Waals surface area contributed by atoms with Gasteiger partial charge in [-0.3, -0.25) is 9.78 Å². The third kappa shape index (κ3) is 4.41. The van der Waals surface area contributed by atoms with E-state index in [0.717, 1.165) is 12.8 Å². The summed E-state index contributed by atoms with van der Waals surface area (Å²) in [5.74, 6) is -0.151. The molecule has 7 heteroatoms. The number of alkyl carbamates (subject to hydrolysis) is 1. The van der Waals surface area contributed by atoms with Crippen LogP contribution >= 0.6 is 0 Å². The number of amides is 2. The van der Waals surface area contributed by atoms with Crippen LogP contribution in [0.4, 0.5) is 4.79 Å². The molecule has 0 unspecified atom stereocenters. The Morgan fingerprint density at radius 1 is 1.41 bits per heavy atom. The number of rotatable bonds is 3. The highest BCUT2D eigenvalue weighted by atomic mass is 16.6. The van der Waals surface area contributed by atoms with Crippen molar-refractivity contribution in [1.29, 1.82) is 0 Å². The minimum Gasteiger partial charge on any atom is -0.444 e. The molecule has 1 aliphatic rings. The summed E-state index contributed by atoms with van der Waals surface area (Å²) < 4.78 is 5.20. The lowest BCUT2D eigenvalue weighted by Crippen LogP contribution is -2.44.